The summed E-state index contributed by atoms with van der Waals surface area (Å²) in [5.74, 6) is 0.00440. The van der Waals surface area contributed by atoms with E-state index in [4.69, 9.17) is 0 Å². The number of piperidine rings is 1. The first-order valence-electron chi connectivity index (χ1n) is 6.69. The molecule has 1 aromatic rings. The van der Waals surface area contributed by atoms with E-state index in [1.54, 1.807) is 18.2 Å². The number of benzene rings is 1. The molecule has 2 unspecified atom stereocenters. The third-order valence-electron chi connectivity index (χ3n) is 3.52. The Kier molecular flexibility index (Phi) is 4.74. The first-order valence-corrected chi connectivity index (χ1v) is 6.69. The van der Waals surface area contributed by atoms with Crippen LogP contribution in [-0.2, 0) is 0 Å². The standard InChI is InChI=1S/C14H20FN3O/c1-10(11-5-4-8-16-9-11)17-14(19)18-13-7-3-2-6-12(13)15/h2-3,6-7,10-11,16H,4-5,8-9H2,1H3,(H2,17,18,19). The van der Waals surface area contributed by atoms with Crippen molar-refractivity contribution in [2.75, 3.05) is 18.4 Å². The highest BCUT2D eigenvalue weighted by atomic mass is 19.1. The molecule has 5 heteroatoms. The molecular formula is C14H20FN3O. The lowest BCUT2D eigenvalue weighted by atomic mass is 9.93. The lowest BCUT2D eigenvalue weighted by molar-refractivity contribution is 0.238. The minimum absolute atomic E-state index is 0.0690. The van der Waals surface area contributed by atoms with E-state index in [9.17, 15) is 9.18 Å². The van der Waals surface area contributed by atoms with Crippen LogP contribution in [0.25, 0.3) is 0 Å². The van der Waals surface area contributed by atoms with Gasteiger partial charge in [-0.1, -0.05) is 12.1 Å². The first kappa shape index (κ1) is 13.8. The van der Waals surface area contributed by atoms with Crippen LogP contribution in [0.3, 0.4) is 0 Å². The van der Waals surface area contributed by atoms with Crippen LogP contribution in [0, 0.1) is 11.7 Å². The van der Waals surface area contributed by atoms with Crippen molar-refractivity contribution in [3.63, 3.8) is 0 Å². The van der Waals surface area contributed by atoms with Crippen molar-refractivity contribution in [3.05, 3.63) is 30.1 Å². The van der Waals surface area contributed by atoms with Gasteiger partial charge in [0.25, 0.3) is 0 Å². The summed E-state index contributed by atoms with van der Waals surface area (Å²) < 4.78 is 13.4. The molecule has 1 aromatic carbocycles. The zero-order chi connectivity index (χ0) is 13.7. The van der Waals surface area contributed by atoms with Gasteiger partial charge in [0.15, 0.2) is 0 Å². The summed E-state index contributed by atoms with van der Waals surface area (Å²) >= 11 is 0. The number of carbonyl (C=O) groups excluding carboxylic acids is 1. The number of rotatable bonds is 3. The van der Waals surface area contributed by atoms with Crippen molar-refractivity contribution in [1.82, 2.24) is 10.6 Å². The number of hydrogen-bond acceptors (Lipinski definition) is 2. The SMILES string of the molecule is CC(NC(=O)Nc1ccccc1F)C1CCCNC1. The van der Waals surface area contributed by atoms with Gasteiger partial charge in [-0.2, -0.15) is 0 Å². The maximum atomic E-state index is 13.4. The highest BCUT2D eigenvalue weighted by Gasteiger charge is 2.21. The number of para-hydroxylation sites is 1. The van der Waals surface area contributed by atoms with Gasteiger partial charge >= 0.3 is 6.03 Å². The third-order valence-corrected chi connectivity index (χ3v) is 3.52. The Balaban J connectivity index is 1.85. The highest BCUT2D eigenvalue weighted by molar-refractivity contribution is 5.89. The fourth-order valence-electron chi connectivity index (χ4n) is 2.35. The van der Waals surface area contributed by atoms with Crippen LogP contribution in [0.5, 0.6) is 0 Å². The molecule has 2 atom stereocenters. The molecule has 1 heterocycles. The molecule has 1 fully saturated rings. The van der Waals surface area contributed by atoms with Crippen LogP contribution in [0.2, 0.25) is 0 Å². The van der Waals surface area contributed by atoms with E-state index in [0.29, 0.717) is 5.92 Å². The van der Waals surface area contributed by atoms with Gasteiger partial charge in [0.05, 0.1) is 5.69 Å². The molecular weight excluding hydrogens is 245 g/mol. The van der Waals surface area contributed by atoms with Crippen LogP contribution in [-0.4, -0.2) is 25.2 Å². The Labute approximate surface area is 112 Å². The molecule has 2 amide bonds. The summed E-state index contributed by atoms with van der Waals surface area (Å²) in [4.78, 5) is 11.8. The molecule has 1 aliphatic heterocycles. The van der Waals surface area contributed by atoms with Gasteiger partial charge in [0, 0.05) is 6.04 Å². The Hall–Kier alpha value is -1.62. The molecule has 104 valence electrons. The van der Waals surface area contributed by atoms with E-state index < -0.39 is 5.82 Å². The molecule has 0 aromatic heterocycles. The van der Waals surface area contributed by atoms with Crippen molar-refractivity contribution >= 4 is 11.7 Å². The molecule has 2 rings (SSSR count). The molecule has 0 bridgehead atoms. The maximum absolute atomic E-state index is 13.4. The van der Waals surface area contributed by atoms with Crippen molar-refractivity contribution in [1.29, 1.82) is 0 Å². The van der Waals surface area contributed by atoms with Crippen LogP contribution < -0.4 is 16.0 Å². The van der Waals surface area contributed by atoms with Gasteiger partial charge in [-0.3, -0.25) is 0 Å². The fraction of sp³-hybridized carbons (Fsp3) is 0.500. The van der Waals surface area contributed by atoms with Crippen LogP contribution in [0.4, 0.5) is 14.9 Å². The summed E-state index contributed by atoms with van der Waals surface area (Å²) in [5.41, 5.74) is 0.203. The topological polar surface area (TPSA) is 53.2 Å². The molecule has 19 heavy (non-hydrogen) atoms. The average Bonchev–Trinajstić information content (AvgIpc) is 2.42. The summed E-state index contributed by atoms with van der Waals surface area (Å²) in [6, 6.07) is 5.86. The number of urea groups is 1. The van der Waals surface area contributed by atoms with Gasteiger partial charge < -0.3 is 16.0 Å². The lowest BCUT2D eigenvalue weighted by Gasteiger charge is -2.28. The van der Waals surface area contributed by atoms with E-state index in [-0.39, 0.29) is 17.8 Å². The second-order valence-electron chi connectivity index (χ2n) is 4.97. The van der Waals surface area contributed by atoms with E-state index >= 15 is 0 Å². The minimum Gasteiger partial charge on any atom is -0.335 e. The van der Waals surface area contributed by atoms with Crippen molar-refractivity contribution in [3.8, 4) is 0 Å². The molecule has 0 aliphatic carbocycles. The maximum Gasteiger partial charge on any atom is 0.319 e. The normalized spacial score (nSPS) is 20.6. The third kappa shape index (κ3) is 3.92. The van der Waals surface area contributed by atoms with Gasteiger partial charge in [0.1, 0.15) is 5.82 Å². The Morgan fingerprint density at radius 3 is 2.95 bits per heavy atom. The van der Waals surface area contributed by atoms with Gasteiger partial charge in [-0.25, -0.2) is 9.18 Å². The quantitative estimate of drug-likeness (QED) is 0.785. The fourth-order valence-corrected chi connectivity index (χ4v) is 2.35. The lowest BCUT2D eigenvalue weighted by Crippen LogP contribution is -2.46. The largest absolute Gasteiger partial charge is 0.335 e. The number of amides is 2. The van der Waals surface area contributed by atoms with Gasteiger partial charge in [-0.15, -0.1) is 0 Å². The van der Waals surface area contributed by atoms with E-state index in [1.165, 1.54) is 6.07 Å². The second kappa shape index (κ2) is 6.52. The predicted molar refractivity (Wildman–Crippen MR) is 73.6 cm³/mol. The number of nitrogens with one attached hydrogen (secondary N) is 3. The Morgan fingerprint density at radius 2 is 2.26 bits per heavy atom. The van der Waals surface area contributed by atoms with Crippen molar-refractivity contribution in [2.24, 2.45) is 5.92 Å². The smallest absolute Gasteiger partial charge is 0.319 e. The minimum atomic E-state index is -0.426. The van der Waals surface area contributed by atoms with Crippen LogP contribution in [0.15, 0.2) is 24.3 Å². The highest BCUT2D eigenvalue weighted by Crippen LogP contribution is 2.15. The van der Waals surface area contributed by atoms with Crippen molar-refractivity contribution < 1.29 is 9.18 Å². The summed E-state index contributed by atoms with van der Waals surface area (Å²) in [7, 11) is 0. The Bertz CT molecular complexity index is 432. The zero-order valence-corrected chi connectivity index (χ0v) is 11.1. The van der Waals surface area contributed by atoms with Gasteiger partial charge in [-0.05, 0) is 50.9 Å². The van der Waals surface area contributed by atoms with Crippen LogP contribution >= 0.6 is 0 Å². The molecule has 0 saturated carbocycles. The first-order chi connectivity index (χ1) is 9.16. The number of carbonyl (C=O) groups is 1. The van der Waals surface area contributed by atoms with Crippen molar-refractivity contribution in [2.45, 2.75) is 25.8 Å². The molecule has 0 radical (unpaired) electrons. The van der Waals surface area contributed by atoms with E-state index in [1.807, 2.05) is 6.92 Å². The zero-order valence-electron chi connectivity index (χ0n) is 11.1. The number of halogens is 1. The van der Waals surface area contributed by atoms with Gasteiger partial charge in [0.2, 0.25) is 0 Å². The summed E-state index contributed by atoms with van der Waals surface area (Å²) in [6.45, 7) is 3.95. The molecule has 4 nitrogen and oxygen atoms in total. The monoisotopic (exact) mass is 265 g/mol. The predicted octanol–water partition coefficient (Wildman–Crippen LogP) is 2.34. The Morgan fingerprint density at radius 1 is 1.47 bits per heavy atom. The molecule has 0 spiro atoms. The second-order valence-corrected chi connectivity index (χ2v) is 4.97. The molecule has 1 aliphatic rings. The number of anilines is 1. The van der Waals surface area contributed by atoms with Crippen LogP contribution in [0.1, 0.15) is 19.8 Å². The number of hydrogen-bond donors (Lipinski definition) is 3. The molecule has 3 N–H and O–H groups in total. The summed E-state index contributed by atoms with van der Waals surface area (Å²) in [6.07, 6.45) is 2.24. The molecule has 1 saturated heterocycles. The summed E-state index contributed by atoms with van der Waals surface area (Å²) in [5, 5.41) is 8.72. The van der Waals surface area contributed by atoms with E-state index in [0.717, 1.165) is 25.9 Å². The average molecular weight is 265 g/mol. The van der Waals surface area contributed by atoms with E-state index in [2.05, 4.69) is 16.0 Å².